The van der Waals surface area contributed by atoms with Gasteiger partial charge in [0.05, 0.1) is 0 Å². The molecule has 13 heavy (non-hydrogen) atoms. The predicted molar refractivity (Wildman–Crippen MR) is 54.4 cm³/mol. The van der Waals surface area contributed by atoms with E-state index < -0.39 is 5.60 Å². The fraction of sp³-hybridized carbons (Fsp3) is 0.545. The summed E-state index contributed by atoms with van der Waals surface area (Å²) in [4.78, 5) is 11.3. The van der Waals surface area contributed by atoms with Crippen molar-refractivity contribution < 1.29 is 9.53 Å². The minimum atomic E-state index is -0.518. The molecule has 0 fully saturated rings. The smallest absolute Gasteiger partial charge is 0.333 e. The van der Waals surface area contributed by atoms with Crippen LogP contribution in [0.3, 0.4) is 0 Å². The van der Waals surface area contributed by atoms with Gasteiger partial charge in [0.25, 0.3) is 0 Å². The van der Waals surface area contributed by atoms with Gasteiger partial charge in [-0.15, -0.1) is 0 Å². The lowest BCUT2D eigenvalue weighted by Crippen LogP contribution is -2.31. The van der Waals surface area contributed by atoms with Crippen LogP contribution in [0.2, 0.25) is 0 Å². The predicted octanol–water partition coefficient (Wildman–Crippen LogP) is 2.85. The van der Waals surface area contributed by atoms with Crippen LogP contribution in [0.15, 0.2) is 24.8 Å². The average Bonchev–Trinajstić information content (AvgIpc) is 2.14. The van der Waals surface area contributed by atoms with Gasteiger partial charge in [-0.2, -0.15) is 0 Å². The second-order valence-corrected chi connectivity index (χ2v) is 3.15. The molecule has 0 radical (unpaired) electrons. The van der Waals surface area contributed by atoms with Crippen LogP contribution in [0.1, 0.15) is 33.6 Å². The Labute approximate surface area is 80.3 Å². The molecular formula is C11H18O2. The molecule has 0 aromatic carbocycles. The Balaban J connectivity index is 4.51. The number of carbonyl (C=O) groups is 1. The van der Waals surface area contributed by atoms with Crippen LogP contribution >= 0.6 is 0 Å². The van der Waals surface area contributed by atoms with Gasteiger partial charge in [0.15, 0.2) is 0 Å². The van der Waals surface area contributed by atoms with Gasteiger partial charge in [0, 0.05) is 5.57 Å². The first-order chi connectivity index (χ1) is 6.01. The summed E-state index contributed by atoms with van der Waals surface area (Å²) in [7, 11) is 0. The van der Waals surface area contributed by atoms with E-state index in [-0.39, 0.29) is 5.97 Å². The summed E-state index contributed by atoms with van der Waals surface area (Å²) in [6.07, 6.45) is 3.17. The molecule has 0 aromatic heterocycles. The van der Waals surface area contributed by atoms with Crippen molar-refractivity contribution in [2.24, 2.45) is 0 Å². The first-order valence-corrected chi connectivity index (χ1v) is 4.53. The van der Waals surface area contributed by atoms with Crippen LogP contribution in [0.25, 0.3) is 0 Å². The molecule has 0 saturated carbocycles. The van der Waals surface area contributed by atoms with E-state index in [0.29, 0.717) is 5.57 Å². The molecule has 0 amide bonds. The van der Waals surface area contributed by atoms with E-state index >= 15 is 0 Å². The van der Waals surface area contributed by atoms with Gasteiger partial charge in [-0.05, 0) is 25.8 Å². The number of ether oxygens (including phenoxy) is 1. The van der Waals surface area contributed by atoms with Gasteiger partial charge >= 0.3 is 5.97 Å². The molecule has 0 aliphatic rings. The number of rotatable bonds is 5. The standard InChI is InChI=1S/C11H18O2/c1-6-11(7-2,8-3)13-10(12)9(4)5/h6H,1,4,7-8H2,2-3,5H3. The Morgan fingerprint density at radius 1 is 1.46 bits per heavy atom. The summed E-state index contributed by atoms with van der Waals surface area (Å²) in [5.41, 5.74) is -0.0936. The van der Waals surface area contributed by atoms with Crippen LogP contribution in [0.4, 0.5) is 0 Å². The molecule has 74 valence electrons. The first-order valence-electron chi connectivity index (χ1n) is 4.53. The van der Waals surface area contributed by atoms with Gasteiger partial charge in [-0.25, -0.2) is 4.79 Å². The summed E-state index contributed by atoms with van der Waals surface area (Å²) in [6.45, 7) is 12.8. The molecule has 2 nitrogen and oxygen atoms in total. The summed E-state index contributed by atoms with van der Waals surface area (Å²) in [6, 6.07) is 0. The van der Waals surface area contributed by atoms with E-state index in [2.05, 4.69) is 13.2 Å². The third kappa shape index (κ3) is 3.05. The zero-order valence-corrected chi connectivity index (χ0v) is 8.72. The Kier molecular flexibility index (Phi) is 4.46. The highest BCUT2D eigenvalue weighted by atomic mass is 16.6. The van der Waals surface area contributed by atoms with Crippen LogP contribution in [0, 0.1) is 0 Å². The molecule has 0 atom stereocenters. The number of carbonyl (C=O) groups excluding carboxylic acids is 1. The lowest BCUT2D eigenvalue weighted by Gasteiger charge is -2.27. The Bertz CT molecular complexity index is 212. The monoisotopic (exact) mass is 182 g/mol. The molecule has 0 bridgehead atoms. The molecule has 0 rings (SSSR count). The molecule has 0 aromatic rings. The fourth-order valence-electron chi connectivity index (χ4n) is 0.996. The van der Waals surface area contributed by atoms with Crippen LogP contribution in [-0.2, 0) is 9.53 Å². The number of hydrogen-bond donors (Lipinski definition) is 0. The zero-order valence-electron chi connectivity index (χ0n) is 8.72. The fourth-order valence-corrected chi connectivity index (χ4v) is 0.996. The Morgan fingerprint density at radius 2 is 1.92 bits per heavy atom. The van der Waals surface area contributed by atoms with Crippen molar-refractivity contribution in [3.8, 4) is 0 Å². The van der Waals surface area contributed by atoms with Crippen LogP contribution in [0.5, 0.6) is 0 Å². The summed E-state index contributed by atoms with van der Waals surface area (Å²) in [5, 5.41) is 0. The Hall–Kier alpha value is -1.05. The maximum atomic E-state index is 11.3. The second kappa shape index (κ2) is 4.85. The molecule has 0 spiro atoms. The van der Waals surface area contributed by atoms with E-state index in [4.69, 9.17) is 4.74 Å². The van der Waals surface area contributed by atoms with Crippen molar-refractivity contribution in [2.75, 3.05) is 0 Å². The van der Waals surface area contributed by atoms with Crippen molar-refractivity contribution in [1.82, 2.24) is 0 Å². The molecule has 2 heteroatoms. The second-order valence-electron chi connectivity index (χ2n) is 3.15. The topological polar surface area (TPSA) is 26.3 Å². The highest BCUT2D eigenvalue weighted by molar-refractivity contribution is 5.87. The first kappa shape index (κ1) is 11.9. The van der Waals surface area contributed by atoms with Gasteiger partial charge in [0.2, 0.25) is 0 Å². The normalized spacial score (nSPS) is 10.7. The van der Waals surface area contributed by atoms with E-state index in [0.717, 1.165) is 12.8 Å². The van der Waals surface area contributed by atoms with Crippen molar-refractivity contribution in [3.63, 3.8) is 0 Å². The summed E-state index contributed by atoms with van der Waals surface area (Å²) >= 11 is 0. The molecule has 0 saturated heterocycles. The van der Waals surface area contributed by atoms with Crippen molar-refractivity contribution in [3.05, 3.63) is 24.8 Å². The van der Waals surface area contributed by atoms with Gasteiger partial charge in [0.1, 0.15) is 5.60 Å². The number of esters is 1. The number of hydrogen-bond acceptors (Lipinski definition) is 2. The van der Waals surface area contributed by atoms with Crippen molar-refractivity contribution >= 4 is 5.97 Å². The quantitative estimate of drug-likeness (QED) is 0.371. The SMILES string of the molecule is C=CC(CC)(CC)OC(=O)C(=C)C. The maximum Gasteiger partial charge on any atom is 0.333 e. The lowest BCUT2D eigenvalue weighted by atomic mass is 9.97. The Morgan fingerprint density at radius 3 is 2.15 bits per heavy atom. The average molecular weight is 182 g/mol. The molecule has 0 aliphatic heterocycles. The summed E-state index contributed by atoms with van der Waals surface area (Å²) < 4.78 is 5.29. The minimum Gasteiger partial charge on any atom is -0.452 e. The van der Waals surface area contributed by atoms with Gasteiger partial charge in [-0.1, -0.05) is 27.0 Å². The third-order valence-electron chi connectivity index (χ3n) is 2.21. The van der Waals surface area contributed by atoms with E-state index in [1.54, 1.807) is 13.0 Å². The highest BCUT2D eigenvalue weighted by Gasteiger charge is 2.26. The lowest BCUT2D eigenvalue weighted by molar-refractivity contribution is -0.150. The molecule has 0 unspecified atom stereocenters. The molecule has 0 aliphatic carbocycles. The zero-order chi connectivity index (χ0) is 10.5. The highest BCUT2D eigenvalue weighted by Crippen LogP contribution is 2.22. The van der Waals surface area contributed by atoms with Gasteiger partial charge in [-0.3, -0.25) is 0 Å². The van der Waals surface area contributed by atoms with E-state index in [1.165, 1.54) is 0 Å². The van der Waals surface area contributed by atoms with Crippen molar-refractivity contribution in [2.45, 2.75) is 39.2 Å². The molecular weight excluding hydrogens is 164 g/mol. The van der Waals surface area contributed by atoms with E-state index in [1.807, 2.05) is 13.8 Å². The van der Waals surface area contributed by atoms with Crippen molar-refractivity contribution in [1.29, 1.82) is 0 Å². The van der Waals surface area contributed by atoms with E-state index in [9.17, 15) is 4.79 Å². The third-order valence-corrected chi connectivity index (χ3v) is 2.21. The maximum absolute atomic E-state index is 11.3. The van der Waals surface area contributed by atoms with Crippen LogP contribution in [-0.4, -0.2) is 11.6 Å². The molecule has 0 N–H and O–H groups in total. The summed E-state index contributed by atoms with van der Waals surface area (Å²) in [5.74, 6) is -0.344. The van der Waals surface area contributed by atoms with Crippen LogP contribution < -0.4 is 0 Å². The molecule has 0 heterocycles. The van der Waals surface area contributed by atoms with Gasteiger partial charge < -0.3 is 4.74 Å². The minimum absolute atomic E-state index is 0.344. The largest absolute Gasteiger partial charge is 0.452 e.